The van der Waals surface area contributed by atoms with Crippen LogP contribution in [0, 0.1) is 13.8 Å². The lowest BCUT2D eigenvalue weighted by Crippen LogP contribution is -2.38. The number of fused-ring (bicyclic) bond motifs is 1. The molecule has 0 radical (unpaired) electrons. The number of carbonyl (C=O) groups excluding carboxylic acids is 1. The van der Waals surface area contributed by atoms with Gasteiger partial charge in [-0.25, -0.2) is 0 Å². The minimum atomic E-state index is -0.0658. The summed E-state index contributed by atoms with van der Waals surface area (Å²) in [4.78, 5) is 27.2. The number of nitrogens with zero attached hydrogens (tertiary/aromatic N) is 3. The summed E-state index contributed by atoms with van der Waals surface area (Å²) in [6.45, 7) is 5.23. The van der Waals surface area contributed by atoms with Crippen molar-refractivity contribution in [2.45, 2.75) is 39.8 Å². The van der Waals surface area contributed by atoms with E-state index in [1.54, 1.807) is 29.4 Å². The molecule has 0 aliphatic carbocycles. The standard InChI is InChI=1S/C22H23N3O3/c1-15-21(16(2)28-23-15)22(27)25-11-9-18-12-20(26)24(13-19(18)14-25)10-8-17-6-4-3-5-7-17/h3-7,12-13H,8-11,14H2,1-2H3. The second kappa shape index (κ2) is 7.46. The van der Waals surface area contributed by atoms with Gasteiger partial charge >= 0.3 is 0 Å². The van der Waals surface area contributed by atoms with Crippen LogP contribution in [0.1, 0.15) is 38.5 Å². The van der Waals surface area contributed by atoms with E-state index in [-0.39, 0.29) is 11.5 Å². The second-order valence-electron chi connectivity index (χ2n) is 7.27. The van der Waals surface area contributed by atoms with Crippen molar-refractivity contribution in [3.63, 3.8) is 0 Å². The van der Waals surface area contributed by atoms with Crippen LogP contribution in [0.25, 0.3) is 0 Å². The van der Waals surface area contributed by atoms with Crippen LogP contribution < -0.4 is 5.56 Å². The van der Waals surface area contributed by atoms with Crippen molar-refractivity contribution < 1.29 is 9.32 Å². The number of hydrogen-bond donors (Lipinski definition) is 0. The van der Waals surface area contributed by atoms with Gasteiger partial charge in [0, 0.05) is 31.9 Å². The fourth-order valence-corrected chi connectivity index (χ4v) is 3.76. The van der Waals surface area contributed by atoms with Gasteiger partial charge < -0.3 is 14.0 Å². The Hall–Kier alpha value is -3.15. The number of hydrogen-bond acceptors (Lipinski definition) is 4. The fourth-order valence-electron chi connectivity index (χ4n) is 3.76. The highest BCUT2D eigenvalue weighted by molar-refractivity contribution is 5.96. The SMILES string of the molecule is Cc1noc(C)c1C(=O)N1CCc2cc(=O)n(CCc3ccccc3)cc2C1. The summed E-state index contributed by atoms with van der Waals surface area (Å²) < 4.78 is 6.89. The highest BCUT2D eigenvalue weighted by Gasteiger charge is 2.27. The van der Waals surface area contributed by atoms with Gasteiger partial charge in [-0.3, -0.25) is 9.59 Å². The molecular weight excluding hydrogens is 354 g/mol. The molecule has 2 aromatic heterocycles. The molecule has 3 heterocycles. The molecular formula is C22H23N3O3. The molecule has 0 spiro atoms. The summed E-state index contributed by atoms with van der Waals surface area (Å²) in [6, 6.07) is 11.8. The molecule has 1 aliphatic rings. The number of rotatable bonds is 4. The van der Waals surface area contributed by atoms with Crippen LogP contribution in [-0.2, 0) is 25.9 Å². The monoisotopic (exact) mass is 377 g/mol. The first-order valence-corrected chi connectivity index (χ1v) is 9.51. The minimum Gasteiger partial charge on any atom is -0.361 e. The molecule has 6 heteroatoms. The Morgan fingerprint density at radius 3 is 2.68 bits per heavy atom. The first-order chi connectivity index (χ1) is 13.5. The fraction of sp³-hybridized carbons (Fsp3) is 0.318. The molecule has 0 bridgehead atoms. The summed E-state index contributed by atoms with van der Waals surface area (Å²) in [7, 11) is 0. The van der Waals surface area contributed by atoms with Gasteiger partial charge in [-0.05, 0) is 43.4 Å². The Bertz CT molecular complexity index is 1050. The van der Waals surface area contributed by atoms with Gasteiger partial charge in [0.25, 0.3) is 11.5 Å². The van der Waals surface area contributed by atoms with E-state index in [2.05, 4.69) is 17.3 Å². The molecule has 144 valence electrons. The molecule has 1 aliphatic heterocycles. The second-order valence-corrected chi connectivity index (χ2v) is 7.27. The summed E-state index contributed by atoms with van der Waals surface area (Å²) in [5.41, 5.74) is 4.42. The third-order valence-corrected chi connectivity index (χ3v) is 5.34. The first kappa shape index (κ1) is 18.2. The molecule has 0 N–H and O–H groups in total. The molecule has 28 heavy (non-hydrogen) atoms. The maximum atomic E-state index is 12.9. The minimum absolute atomic E-state index is 0.0141. The maximum absolute atomic E-state index is 12.9. The van der Waals surface area contributed by atoms with Crippen molar-refractivity contribution in [1.29, 1.82) is 0 Å². The summed E-state index contributed by atoms with van der Waals surface area (Å²) in [6.07, 6.45) is 3.38. The predicted molar refractivity (Wildman–Crippen MR) is 105 cm³/mol. The van der Waals surface area contributed by atoms with Gasteiger partial charge in [0.2, 0.25) is 0 Å². The molecule has 0 fully saturated rings. The number of amides is 1. The molecule has 3 aromatic rings. The van der Waals surface area contributed by atoms with E-state index in [1.165, 1.54) is 5.56 Å². The topological polar surface area (TPSA) is 68.3 Å². The molecule has 6 nitrogen and oxygen atoms in total. The number of pyridine rings is 1. The van der Waals surface area contributed by atoms with Crippen LogP contribution in [0.5, 0.6) is 0 Å². The van der Waals surface area contributed by atoms with Crippen LogP contribution in [0.2, 0.25) is 0 Å². The number of aromatic nitrogens is 2. The molecule has 0 atom stereocenters. The van der Waals surface area contributed by atoms with Gasteiger partial charge in [-0.1, -0.05) is 35.5 Å². The highest BCUT2D eigenvalue weighted by Crippen LogP contribution is 2.22. The van der Waals surface area contributed by atoms with E-state index in [4.69, 9.17) is 4.52 Å². The van der Waals surface area contributed by atoms with Crippen LogP contribution in [0.3, 0.4) is 0 Å². The third-order valence-electron chi connectivity index (χ3n) is 5.34. The highest BCUT2D eigenvalue weighted by atomic mass is 16.5. The van der Waals surface area contributed by atoms with Crippen molar-refractivity contribution in [3.8, 4) is 0 Å². The van der Waals surface area contributed by atoms with Crippen molar-refractivity contribution >= 4 is 5.91 Å². The van der Waals surface area contributed by atoms with Crippen LogP contribution in [0.15, 0.2) is 51.9 Å². The number of benzene rings is 1. The average molecular weight is 377 g/mol. The van der Waals surface area contributed by atoms with E-state index < -0.39 is 0 Å². The van der Waals surface area contributed by atoms with Crippen molar-refractivity contribution in [3.05, 3.63) is 86.7 Å². The first-order valence-electron chi connectivity index (χ1n) is 9.51. The third kappa shape index (κ3) is 3.50. The van der Waals surface area contributed by atoms with Crippen LogP contribution in [0.4, 0.5) is 0 Å². The summed E-state index contributed by atoms with van der Waals surface area (Å²) in [5.74, 6) is 0.477. The van der Waals surface area contributed by atoms with Crippen molar-refractivity contribution in [2.75, 3.05) is 6.54 Å². The van der Waals surface area contributed by atoms with Crippen LogP contribution >= 0.6 is 0 Å². The zero-order valence-electron chi connectivity index (χ0n) is 16.1. The van der Waals surface area contributed by atoms with Crippen molar-refractivity contribution in [2.24, 2.45) is 0 Å². The summed E-state index contributed by atoms with van der Waals surface area (Å²) >= 11 is 0. The lowest BCUT2D eigenvalue weighted by atomic mass is 10.0. The smallest absolute Gasteiger partial charge is 0.259 e. The van der Waals surface area contributed by atoms with E-state index in [0.717, 1.165) is 17.5 Å². The van der Waals surface area contributed by atoms with Gasteiger partial charge in [0.1, 0.15) is 11.3 Å². The Labute approximate surface area is 163 Å². The van der Waals surface area contributed by atoms with Crippen LogP contribution in [-0.4, -0.2) is 27.1 Å². The van der Waals surface area contributed by atoms with Gasteiger partial charge in [-0.2, -0.15) is 0 Å². The lowest BCUT2D eigenvalue weighted by molar-refractivity contribution is 0.0731. The molecule has 4 rings (SSSR count). The van der Waals surface area contributed by atoms with E-state index in [9.17, 15) is 9.59 Å². The molecule has 0 saturated carbocycles. The Kier molecular flexibility index (Phi) is 4.86. The summed E-state index contributed by atoms with van der Waals surface area (Å²) in [5, 5.41) is 3.89. The van der Waals surface area contributed by atoms with E-state index in [1.807, 2.05) is 24.4 Å². The van der Waals surface area contributed by atoms with Crippen molar-refractivity contribution in [1.82, 2.24) is 14.6 Å². The molecule has 0 unspecified atom stereocenters. The predicted octanol–water partition coefficient (Wildman–Crippen LogP) is 2.89. The quantitative estimate of drug-likeness (QED) is 0.701. The Morgan fingerprint density at radius 1 is 1.18 bits per heavy atom. The number of carbonyl (C=O) groups is 1. The Balaban J connectivity index is 1.54. The zero-order valence-corrected chi connectivity index (χ0v) is 16.1. The molecule has 1 amide bonds. The van der Waals surface area contributed by atoms with E-state index in [0.29, 0.717) is 43.1 Å². The average Bonchev–Trinajstić information content (AvgIpc) is 3.04. The molecule has 1 aromatic carbocycles. The Morgan fingerprint density at radius 2 is 1.96 bits per heavy atom. The van der Waals surface area contributed by atoms with E-state index >= 15 is 0 Å². The van der Waals surface area contributed by atoms with Gasteiger partial charge in [0.15, 0.2) is 0 Å². The van der Waals surface area contributed by atoms with Gasteiger partial charge in [0.05, 0.1) is 5.69 Å². The normalized spacial score (nSPS) is 13.4. The number of aryl methyl sites for hydroxylation is 4. The largest absolute Gasteiger partial charge is 0.361 e. The lowest BCUT2D eigenvalue weighted by Gasteiger charge is -2.29. The maximum Gasteiger partial charge on any atom is 0.259 e. The molecule has 0 saturated heterocycles. The van der Waals surface area contributed by atoms with Gasteiger partial charge in [-0.15, -0.1) is 0 Å². The zero-order chi connectivity index (χ0) is 19.7.